The molecule has 1 saturated heterocycles. The van der Waals surface area contributed by atoms with Crippen molar-refractivity contribution in [3.8, 4) is 0 Å². The molecule has 6 nitrogen and oxygen atoms in total. The van der Waals surface area contributed by atoms with E-state index in [0.717, 1.165) is 38.9 Å². The van der Waals surface area contributed by atoms with E-state index in [1.165, 1.54) is 47.5 Å². The van der Waals surface area contributed by atoms with Gasteiger partial charge in [-0.1, -0.05) is 18.6 Å². The Morgan fingerprint density at radius 1 is 1.00 bits per heavy atom. The molecule has 0 spiro atoms. The molecule has 1 fully saturated rings. The molecule has 0 aliphatic carbocycles. The van der Waals surface area contributed by atoms with Gasteiger partial charge in [-0.3, -0.25) is 14.5 Å². The molecule has 2 aromatic rings. The number of nitrogens with one attached hydrogen (secondary N) is 2. The van der Waals surface area contributed by atoms with Crippen molar-refractivity contribution < 1.29 is 14.0 Å². The van der Waals surface area contributed by atoms with Gasteiger partial charge in [0.15, 0.2) is 0 Å². The van der Waals surface area contributed by atoms with E-state index in [0.29, 0.717) is 12.2 Å². The summed E-state index contributed by atoms with van der Waals surface area (Å²) in [4.78, 5) is 29.4. The van der Waals surface area contributed by atoms with Crippen molar-refractivity contribution in [3.05, 3.63) is 59.4 Å². The van der Waals surface area contributed by atoms with Crippen LogP contribution in [0.3, 0.4) is 0 Å². The summed E-state index contributed by atoms with van der Waals surface area (Å²) in [5, 5.41) is 5.32. The highest BCUT2D eigenvalue weighted by Gasteiger charge is 2.26. The van der Waals surface area contributed by atoms with E-state index in [4.69, 9.17) is 0 Å². The Kier molecular flexibility index (Phi) is 6.51. The third-order valence-corrected chi connectivity index (χ3v) is 6.21. The van der Waals surface area contributed by atoms with E-state index in [1.54, 1.807) is 0 Å². The maximum Gasteiger partial charge on any atom is 0.313 e. The monoisotopic (exact) mass is 424 g/mol. The van der Waals surface area contributed by atoms with E-state index >= 15 is 0 Å². The third-order valence-electron chi connectivity index (χ3n) is 6.21. The number of anilines is 2. The summed E-state index contributed by atoms with van der Waals surface area (Å²) in [5.41, 5.74) is 4.17. The van der Waals surface area contributed by atoms with Gasteiger partial charge in [-0.2, -0.15) is 0 Å². The van der Waals surface area contributed by atoms with Crippen LogP contribution in [0.5, 0.6) is 0 Å². The van der Waals surface area contributed by atoms with Crippen LogP contribution < -0.4 is 15.5 Å². The van der Waals surface area contributed by atoms with Gasteiger partial charge in [-0.15, -0.1) is 0 Å². The first-order chi connectivity index (χ1) is 15.0. The number of likely N-dealkylation sites (N-methyl/N-ethyl adjacent to an activating group) is 1. The lowest BCUT2D eigenvalue weighted by atomic mass is 9.98. The van der Waals surface area contributed by atoms with Gasteiger partial charge in [0.2, 0.25) is 0 Å². The predicted molar refractivity (Wildman–Crippen MR) is 120 cm³/mol. The fraction of sp³-hybridized carbons (Fsp3) is 0.417. The Morgan fingerprint density at radius 2 is 1.74 bits per heavy atom. The zero-order valence-electron chi connectivity index (χ0n) is 17.9. The molecular formula is C24H29FN4O2. The molecule has 0 bridgehead atoms. The molecule has 2 amide bonds. The molecule has 164 valence electrons. The molecule has 0 radical (unpaired) electrons. The van der Waals surface area contributed by atoms with Crippen LogP contribution in [0.4, 0.5) is 15.8 Å². The number of fused-ring (bicyclic) bond motifs is 1. The lowest BCUT2D eigenvalue weighted by Crippen LogP contribution is -2.43. The predicted octanol–water partition coefficient (Wildman–Crippen LogP) is 3.10. The molecule has 4 rings (SSSR count). The zero-order valence-corrected chi connectivity index (χ0v) is 17.9. The summed E-state index contributed by atoms with van der Waals surface area (Å²) in [6.45, 7) is 3.36. The molecule has 7 heteroatoms. The van der Waals surface area contributed by atoms with Crippen molar-refractivity contribution in [2.45, 2.75) is 31.7 Å². The summed E-state index contributed by atoms with van der Waals surface area (Å²) in [5.74, 6) is -1.83. The minimum absolute atomic E-state index is 0.0269. The number of piperidine rings is 1. The van der Waals surface area contributed by atoms with E-state index < -0.39 is 17.6 Å². The number of amides is 2. The van der Waals surface area contributed by atoms with Crippen molar-refractivity contribution in [1.29, 1.82) is 0 Å². The largest absolute Gasteiger partial charge is 0.374 e. The molecule has 2 N–H and O–H groups in total. The van der Waals surface area contributed by atoms with Gasteiger partial charge in [0.25, 0.3) is 0 Å². The topological polar surface area (TPSA) is 64.7 Å². The van der Waals surface area contributed by atoms with Crippen molar-refractivity contribution in [3.63, 3.8) is 0 Å². The second-order valence-electron chi connectivity index (χ2n) is 8.34. The molecule has 1 atom stereocenters. The first-order valence-electron chi connectivity index (χ1n) is 10.9. The van der Waals surface area contributed by atoms with Crippen molar-refractivity contribution in [2.75, 3.05) is 43.4 Å². The molecule has 2 aromatic carbocycles. The van der Waals surface area contributed by atoms with Gasteiger partial charge in [0.1, 0.15) is 5.82 Å². The lowest BCUT2D eigenvalue weighted by molar-refractivity contribution is -0.136. The molecule has 31 heavy (non-hydrogen) atoms. The lowest BCUT2D eigenvalue weighted by Gasteiger charge is -2.35. The molecule has 2 aliphatic rings. The quantitative estimate of drug-likeness (QED) is 0.724. The number of nitrogens with zero attached hydrogens (tertiary/aromatic N) is 2. The van der Waals surface area contributed by atoms with Gasteiger partial charge < -0.3 is 15.5 Å². The number of hydrogen-bond acceptors (Lipinski definition) is 4. The van der Waals surface area contributed by atoms with Crippen LogP contribution in [0.2, 0.25) is 0 Å². The molecule has 2 heterocycles. The second-order valence-corrected chi connectivity index (χ2v) is 8.34. The summed E-state index contributed by atoms with van der Waals surface area (Å²) in [7, 11) is 2.10. The second kappa shape index (κ2) is 9.47. The Hall–Kier alpha value is -2.93. The maximum absolute atomic E-state index is 13.0. The van der Waals surface area contributed by atoms with Crippen LogP contribution in [0.1, 0.15) is 36.4 Å². The van der Waals surface area contributed by atoms with Gasteiger partial charge in [0, 0.05) is 31.5 Å². The van der Waals surface area contributed by atoms with Crippen molar-refractivity contribution >= 4 is 23.2 Å². The van der Waals surface area contributed by atoms with E-state index in [1.807, 2.05) is 0 Å². The third kappa shape index (κ3) is 5.05. The van der Waals surface area contributed by atoms with Gasteiger partial charge in [-0.25, -0.2) is 4.39 Å². The van der Waals surface area contributed by atoms with Crippen LogP contribution in [0.25, 0.3) is 0 Å². The standard InChI is InChI=1S/C24H29FN4O2/c1-28-14-11-18-15-17(5-10-21(18)28)22(29-12-3-2-4-13-29)16-26-23(30)24(31)27-20-8-6-19(25)7-9-20/h5-10,15,22H,2-4,11-14,16H2,1H3,(H,26,30)(H,27,31)/t22-/m0/s1. The minimum Gasteiger partial charge on any atom is -0.374 e. The zero-order chi connectivity index (χ0) is 21.8. The average Bonchev–Trinajstić information content (AvgIpc) is 3.16. The normalized spacial score (nSPS) is 17.2. The summed E-state index contributed by atoms with van der Waals surface area (Å²) < 4.78 is 13.0. The number of halogens is 1. The fourth-order valence-corrected chi connectivity index (χ4v) is 4.47. The van der Waals surface area contributed by atoms with Crippen molar-refractivity contribution in [1.82, 2.24) is 10.2 Å². The number of carbonyl (C=O) groups excluding carboxylic acids is 2. The summed E-state index contributed by atoms with van der Waals surface area (Å²) in [6, 6.07) is 11.9. The minimum atomic E-state index is -0.750. The van der Waals surface area contributed by atoms with Gasteiger partial charge in [-0.05, 0) is 73.8 Å². The number of rotatable bonds is 5. The molecular weight excluding hydrogens is 395 g/mol. The first-order valence-corrected chi connectivity index (χ1v) is 10.9. The maximum atomic E-state index is 13.0. The molecule has 0 saturated carbocycles. The molecule has 2 aliphatic heterocycles. The highest BCUT2D eigenvalue weighted by atomic mass is 19.1. The van der Waals surface area contributed by atoms with Crippen LogP contribution in [-0.4, -0.2) is 49.9 Å². The smallest absolute Gasteiger partial charge is 0.313 e. The summed E-state index contributed by atoms with van der Waals surface area (Å²) >= 11 is 0. The van der Waals surface area contributed by atoms with Crippen LogP contribution in [-0.2, 0) is 16.0 Å². The Balaban J connectivity index is 1.44. The number of hydrogen-bond donors (Lipinski definition) is 2. The SMILES string of the molecule is CN1CCc2cc([C@H](CNC(=O)C(=O)Nc3ccc(F)cc3)N3CCCCC3)ccc21. The van der Waals surface area contributed by atoms with Crippen LogP contribution in [0, 0.1) is 5.82 Å². The van der Waals surface area contributed by atoms with Crippen LogP contribution >= 0.6 is 0 Å². The van der Waals surface area contributed by atoms with Gasteiger partial charge in [0.05, 0.1) is 6.04 Å². The fourth-order valence-electron chi connectivity index (χ4n) is 4.47. The average molecular weight is 425 g/mol. The highest BCUT2D eigenvalue weighted by molar-refractivity contribution is 6.39. The number of benzene rings is 2. The first kappa shape index (κ1) is 21.3. The number of carbonyl (C=O) groups is 2. The summed E-state index contributed by atoms with van der Waals surface area (Å²) in [6.07, 6.45) is 4.54. The highest BCUT2D eigenvalue weighted by Crippen LogP contribution is 2.32. The Bertz CT molecular complexity index is 941. The Morgan fingerprint density at radius 3 is 2.48 bits per heavy atom. The van der Waals surface area contributed by atoms with Crippen LogP contribution in [0.15, 0.2) is 42.5 Å². The van der Waals surface area contributed by atoms with E-state index in [2.05, 4.69) is 45.7 Å². The van der Waals surface area contributed by atoms with Crippen molar-refractivity contribution in [2.24, 2.45) is 0 Å². The molecule has 0 unspecified atom stereocenters. The Labute approximate surface area is 182 Å². The molecule has 0 aromatic heterocycles. The van der Waals surface area contributed by atoms with E-state index in [9.17, 15) is 14.0 Å². The van der Waals surface area contributed by atoms with Gasteiger partial charge >= 0.3 is 11.8 Å². The number of likely N-dealkylation sites (tertiary alicyclic amines) is 1. The van der Waals surface area contributed by atoms with E-state index in [-0.39, 0.29) is 6.04 Å².